The molecule has 1 fully saturated rings. The normalized spacial score (nSPS) is 13.5. The number of amides is 4. The van der Waals surface area contributed by atoms with Crippen molar-refractivity contribution in [2.75, 3.05) is 32.9 Å². The molecule has 4 amide bonds. The van der Waals surface area contributed by atoms with E-state index in [1.165, 1.54) is 140 Å². The third kappa shape index (κ3) is 42.7. The third-order valence-electron chi connectivity index (χ3n) is 15.8. The van der Waals surface area contributed by atoms with Crippen molar-refractivity contribution in [2.45, 2.75) is 327 Å². The van der Waals surface area contributed by atoms with Crippen LogP contribution in [0.25, 0.3) is 0 Å². The molecule has 1 saturated heterocycles. The number of carboxylic acid groups (broad SMARTS) is 2. The molecule has 18 heteroatoms. The zero-order valence-corrected chi connectivity index (χ0v) is 52.3. The van der Waals surface area contributed by atoms with Gasteiger partial charge in [0.25, 0.3) is 0 Å². The number of carbonyl (C=O) groups excluding carboxylic acids is 7. The largest absolute Gasteiger partial charge is 0.481 e. The Morgan fingerprint density at radius 1 is 0.458 bits per heavy atom. The molecule has 0 radical (unpaired) electrons. The molecule has 0 aromatic carbocycles. The molecule has 0 saturated carbocycles. The number of hydrogen-bond donors (Lipinski definition) is 5. The number of hydrogen-bond acceptors (Lipinski definition) is 12. The van der Waals surface area contributed by atoms with Crippen molar-refractivity contribution < 1.29 is 67.6 Å². The lowest BCUT2D eigenvalue weighted by atomic mass is 10.0. The highest BCUT2D eigenvalue weighted by Gasteiger charge is 2.39. The highest BCUT2D eigenvalue weighted by Crippen LogP contribution is 2.21. The maximum absolute atomic E-state index is 13.9. The number of carbonyl (C=O) groups is 9. The van der Waals surface area contributed by atoms with Gasteiger partial charge >= 0.3 is 29.8 Å². The summed E-state index contributed by atoms with van der Waals surface area (Å²) in [7, 11) is 0. The zero-order chi connectivity index (χ0) is 61.0. The lowest BCUT2D eigenvalue weighted by Gasteiger charge is -2.33. The van der Waals surface area contributed by atoms with Gasteiger partial charge in [-0.15, -0.1) is 0 Å². The van der Waals surface area contributed by atoms with E-state index < -0.39 is 110 Å². The summed E-state index contributed by atoms with van der Waals surface area (Å²) in [5.74, 6) is -6.89. The van der Waals surface area contributed by atoms with Gasteiger partial charge in [-0.2, -0.15) is 0 Å². The average Bonchev–Trinajstić information content (AvgIpc) is 4.10. The van der Waals surface area contributed by atoms with Crippen molar-refractivity contribution >= 4 is 53.5 Å². The first-order chi connectivity index (χ1) is 40.2. The Hall–Kier alpha value is -4.77. The topological polar surface area (TPSA) is 261 Å². The van der Waals surface area contributed by atoms with E-state index in [9.17, 15) is 48.3 Å². The van der Waals surface area contributed by atoms with Crippen LogP contribution in [0.2, 0.25) is 0 Å². The first-order valence-electron chi connectivity index (χ1n) is 33.3. The fraction of sp³-hybridized carbons (Fsp3) is 0.862. The molecular formula is C65H116N4O14. The Balaban J connectivity index is 3.06. The van der Waals surface area contributed by atoms with E-state index in [1.54, 1.807) is 0 Å². The SMILES string of the molecule is CCCCCCCCCCCCCCC(=O)OCC(COC(=O)CCCCCCCCCCCCCC)(COC(=O)CCCCCCCCCCCCCC)NC(=O)CCC(=O)NCC(=O)N1CCCC1C(=O)NC(CCC(=O)O)C(=O)O. The highest BCUT2D eigenvalue weighted by molar-refractivity contribution is 5.93. The minimum Gasteiger partial charge on any atom is -0.481 e. The Morgan fingerprint density at radius 3 is 1.13 bits per heavy atom. The average molecular weight is 1180 g/mol. The van der Waals surface area contributed by atoms with Crippen LogP contribution in [0.4, 0.5) is 0 Å². The van der Waals surface area contributed by atoms with Crippen molar-refractivity contribution in [3.05, 3.63) is 0 Å². The van der Waals surface area contributed by atoms with E-state index in [-0.39, 0.29) is 45.1 Å². The van der Waals surface area contributed by atoms with Gasteiger partial charge in [0.2, 0.25) is 23.6 Å². The Kier molecular flexibility index (Phi) is 47.4. The van der Waals surface area contributed by atoms with Crippen molar-refractivity contribution in [1.82, 2.24) is 20.9 Å². The Bertz CT molecular complexity index is 1670. The van der Waals surface area contributed by atoms with Gasteiger partial charge in [0.15, 0.2) is 0 Å². The van der Waals surface area contributed by atoms with E-state index >= 15 is 0 Å². The molecule has 18 nitrogen and oxygen atoms in total. The molecule has 83 heavy (non-hydrogen) atoms. The van der Waals surface area contributed by atoms with Crippen LogP contribution >= 0.6 is 0 Å². The second kappa shape index (κ2) is 51.6. The van der Waals surface area contributed by atoms with Gasteiger partial charge in [-0.25, -0.2) is 4.79 Å². The smallest absolute Gasteiger partial charge is 0.326 e. The van der Waals surface area contributed by atoms with Crippen molar-refractivity contribution in [1.29, 1.82) is 0 Å². The monoisotopic (exact) mass is 1180 g/mol. The fourth-order valence-electron chi connectivity index (χ4n) is 10.5. The Morgan fingerprint density at radius 2 is 0.795 bits per heavy atom. The summed E-state index contributed by atoms with van der Waals surface area (Å²) in [6, 6.07) is -2.50. The van der Waals surface area contributed by atoms with Gasteiger partial charge in [-0.3, -0.25) is 38.4 Å². The molecule has 2 atom stereocenters. The van der Waals surface area contributed by atoms with Crippen molar-refractivity contribution in [3.8, 4) is 0 Å². The second-order valence-electron chi connectivity index (χ2n) is 23.6. The summed E-state index contributed by atoms with van der Waals surface area (Å²) in [6.45, 7) is 4.91. The first-order valence-corrected chi connectivity index (χ1v) is 33.3. The fourth-order valence-corrected chi connectivity index (χ4v) is 10.5. The maximum Gasteiger partial charge on any atom is 0.326 e. The molecular weight excluding hydrogens is 1060 g/mol. The van der Waals surface area contributed by atoms with Gasteiger partial charge in [-0.05, 0) is 38.5 Å². The molecule has 0 bridgehead atoms. The van der Waals surface area contributed by atoms with E-state index in [1.807, 2.05) is 0 Å². The van der Waals surface area contributed by atoms with Crippen LogP contribution in [0, 0.1) is 0 Å². The van der Waals surface area contributed by atoms with Crippen LogP contribution in [0.1, 0.15) is 310 Å². The number of nitrogens with one attached hydrogen (secondary N) is 3. The number of nitrogens with zero attached hydrogens (tertiary/aromatic N) is 1. The van der Waals surface area contributed by atoms with E-state index in [0.29, 0.717) is 25.7 Å². The summed E-state index contributed by atoms with van der Waals surface area (Å²) in [6.07, 6.45) is 40.1. The third-order valence-corrected chi connectivity index (χ3v) is 15.8. The Labute approximate surface area is 500 Å². The maximum atomic E-state index is 13.9. The van der Waals surface area contributed by atoms with Crippen LogP contribution in [0.5, 0.6) is 0 Å². The molecule has 1 aliphatic rings. The second-order valence-corrected chi connectivity index (χ2v) is 23.6. The minimum absolute atomic E-state index is 0.135. The van der Waals surface area contributed by atoms with Gasteiger partial charge < -0.3 is 45.3 Å². The minimum atomic E-state index is -1.69. The van der Waals surface area contributed by atoms with E-state index in [0.717, 1.165) is 77.0 Å². The standard InChI is InChI=1S/C65H116N4O14/c1-4-7-10-13-16-19-22-25-28-31-34-37-42-60(75)81-51-65(52-82-61(76)43-38-35-32-29-26-23-20-17-14-11-8-5-2,53-83-62(77)44-39-36-33-30-27-24-21-18-15-12-9-6-3)68-57(71)47-46-56(70)66-50-58(72)69-49-40-41-55(69)63(78)67-54(64(79)80)45-48-59(73)74/h54-55H,4-53H2,1-3H3,(H,66,70)(H,67,78)(H,68,71)(H,73,74)(H,79,80). The predicted octanol–water partition coefficient (Wildman–Crippen LogP) is 13.1. The number of carboxylic acids is 2. The molecule has 0 aliphatic carbocycles. The highest BCUT2D eigenvalue weighted by atomic mass is 16.6. The van der Waals surface area contributed by atoms with Gasteiger partial charge in [0, 0.05) is 45.1 Å². The summed E-state index contributed by atoms with van der Waals surface area (Å²) in [5.41, 5.74) is -1.69. The first kappa shape index (κ1) is 76.2. The van der Waals surface area contributed by atoms with Crippen molar-refractivity contribution in [2.24, 2.45) is 0 Å². The van der Waals surface area contributed by atoms with Crippen LogP contribution in [-0.4, -0.2) is 119 Å². The number of aliphatic carboxylic acids is 2. The molecule has 1 rings (SSSR count). The van der Waals surface area contributed by atoms with Crippen molar-refractivity contribution in [3.63, 3.8) is 0 Å². The molecule has 1 heterocycles. The number of rotatable bonds is 57. The molecule has 1 aliphatic heterocycles. The number of likely N-dealkylation sites (tertiary alicyclic amines) is 1. The molecule has 0 aromatic heterocycles. The van der Waals surface area contributed by atoms with Gasteiger partial charge in [0.1, 0.15) is 37.4 Å². The lowest BCUT2D eigenvalue weighted by Crippen LogP contribution is -2.59. The molecule has 480 valence electrons. The molecule has 0 aromatic rings. The van der Waals surface area contributed by atoms with E-state index in [2.05, 4.69) is 36.7 Å². The van der Waals surface area contributed by atoms with Crippen LogP contribution in [0.3, 0.4) is 0 Å². The quantitative estimate of drug-likeness (QED) is 0.0216. The molecule has 2 unspecified atom stereocenters. The number of unbranched alkanes of at least 4 members (excludes halogenated alkanes) is 33. The summed E-state index contributed by atoms with van der Waals surface area (Å²) >= 11 is 0. The number of esters is 3. The van der Waals surface area contributed by atoms with Gasteiger partial charge in [0.05, 0.1) is 6.54 Å². The lowest BCUT2D eigenvalue weighted by molar-refractivity contribution is -0.159. The van der Waals surface area contributed by atoms with Crippen LogP contribution < -0.4 is 16.0 Å². The number of ether oxygens (including phenoxy) is 3. The summed E-state index contributed by atoms with van der Waals surface area (Å²) in [5, 5.41) is 26.2. The summed E-state index contributed by atoms with van der Waals surface area (Å²) < 4.78 is 17.4. The summed E-state index contributed by atoms with van der Waals surface area (Å²) in [4.78, 5) is 117. The van der Waals surface area contributed by atoms with Gasteiger partial charge in [-0.1, -0.05) is 233 Å². The molecule has 0 spiro atoms. The predicted molar refractivity (Wildman–Crippen MR) is 324 cm³/mol. The van der Waals surface area contributed by atoms with E-state index in [4.69, 9.17) is 19.3 Å². The zero-order valence-electron chi connectivity index (χ0n) is 52.3. The van der Waals surface area contributed by atoms with Crippen LogP contribution in [-0.2, 0) is 57.4 Å². The van der Waals surface area contributed by atoms with Crippen LogP contribution in [0.15, 0.2) is 0 Å². The molecule has 5 N–H and O–H groups in total.